The van der Waals surface area contributed by atoms with Crippen LogP contribution in [0.5, 0.6) is 5.75 Å². The Labute approximate surface area is 146 Å². The lowest BCUT2D eigenvalue weighted by Gasteiger charge is -2.04. The number of aromatic nitrogens is 1. The summed E-state index contributed by atoms with van der Waals surface area (Å²) < 4.78 is 11.5. The lowest BCUT2D eigenvalue weighted by atomic mass is 10.1. The van der Waals surface area contributed by atoms with E-state index in [1.54, 1.807) is 12.5 Å². The molecule has 2 aromatic heterocycles. The van der Waals surface area contributed by atoms with Crippen molar-refractivity contribution in [1.82, 2.24) is 4.98 Å². The second-order valence-electron chi connectivity index (χ2n) is 5.65. The molecule has 0 amide bonds. The van der Waals surface area contributed by atoms with Gasteiger partial charge in [-0.25, -0.2) is 0 Å². The first-order valence-electron chi connectivity index (χ1n) is 8.17. The molecule has 0 atom stereocenters. The highest BCUT2D eigenvalue weighted by Gasteiger charge is 2.09. The smallest absolute Gasteiger partial charge is 0.134 e. The number of hydrogen-bond acceptors (Lipinski definition) is 3. The van der Waals surface area contributed by atoms with Gasteiger partial charge in [-0.05, 0) is 42.0 Å². The second kappa shape index (κ2) is 7.05. The summed E-state index contributed by atoms with van der Waals surface area (Å²) in [5, 5.41) is 1.00. The molecule has 0 fully saturated rings. The minimum Gasteiger partial charge on any atom is -0.490 e. The molecular weight excluding hydrogens is 310 g/mol. The van der Waals surface area contributed by atoms with Crippen molar-refractivity contribution in [3.8, 4) is 17.0 Å². The number of rotatable bonds is 5. The summed E-state index contributed by atoms with van der Waals surface area (Å²) in [5.41, 5.74) is 3.85. The van der Waals surface area contributed by atoms with Crippen LogP contribution in [-0.2, 0) is 0 Å². The molecule has 4 rings (SSSR count). The van der Waals surface area contributed by atoms with Gasteiger partial charge in [0.15, 0.2) is 0 Å². The van der Waals surface area contributed by atoms with Crippen molar-refractivity contribution >= 4 is 17.0 Å². The maximum Gasteiger partial charge on any atom is 0.134 e. The standard InChI is InChI=1S/C22H17NO2/c1-2-7-17(8-3-1)9-6-14-24-18-11-12-22-19(15-18)20(16-25-22)21-10-4-5-13-23-21/h1-13,15-16H,14H2/b9-6+. The minimum absolute atomic E-state index is 0.511. The highest BCUT2D eigenvalue weighted by molar-refractivity contribution is 5.93. The molecule has 3 nitrogen and oxygen atoms in total. The fraction of sp³-hybridized carbons (Fsp3) is 0.0455. The van der Waals surface area contributed by atoms with Gasteiger partial charge in [0.05, 0.1) is 5.69 Å². The molecule has 0 bridgehead atoms. The first-order chi connectivity index (χ1) is 12.4. The molecule has 122 valence electrons. The number of ether oxygens (including phenoxy) is 1. The van der Waals surface area contributed by atoms with E-state index >= 15 is 0 Å². The summed E-state index contributed by atoms with van der Waals surface area (Å²) >= 11 is 0. The molecule has 0 unspecified atom stereocenters. The van der Waals surface area contributed by atoms with Crippen molar-refractivity contribution in [2.24, 2.45) is 0 Å². The van der Waals surface area contributed by atoms with Crippen LogP contribution in [0.4, 0.5) is 0 Å². The summed E-state index contributed by atoms with van der Waals surface area (Å²) in [4.78, 5) is 4.40. The summed E-state index contributed by atoms with van der Waals surface area (Å²) in [6, 6.07) is 21.9. The average molecular weight is 327 g/mol. The predicted octanol–water partition coefficient (Wildman–Crippen LogP) is 5.59. The molecule has 4 aromatic rings. The van der Waals surface area contributed by atoms with Gasteiger partial charge in [-0.15, -0.1) is 0 Å². The fourth-order valence-electron chi connectivity index (χ4n) is 2.71. The maximum atomic E-state index is 5.85. The second-order valence-corrected chi connectivity index (χ2v) is 5.65. The Kier molecular flexibility index (Phi) is 4.29. The van der Waals surface area contributed by atoms with E-state index in [1.807, 2.05) is 60.7 Å². The molecule has 2 aromatic carbocycles. The van der Waals surface area contributed by atoms with Crippen LogP contribution in [0.1, 0.15) is 5.56 Å². The van der Waals surface area contributed by atoms with Gasteiger partial charge in [-0.1, -0.05) is 42.5 Å². The van der Waals surface area contributed by atoms with E-state index < -0.39 is 0 Å². The highest BCUT2D eigenvalue weighted by Crippen LogP contribution is 2.31. The maximum absolute atomic E-state index is 5.85. The largest absolute Gasteiger partial charge is 0.490 e. The lowest BCUT2D eigenvalue weighted by molar-refractivity contribution is 0.364. The van der Waals surface area contributed by atoms with Gasteiger partial charge in [0.2, 0.25) is 0 Å². The van der Waals surface area contributed by atoms with Crippen molar-refractivity contribution in [2.75, 3.05) is 6.61 Å². The summed E-state index contributed by atoms with van der Waals surface area (Å²) in [5.74, 6) is 0.809. The summed E-state index contributed by atoms with van der Waals surface area (Å²) in [7, 11) is 0. The Bertz CT molecular complexity index is 988. The molecule has 3 heteroatoms. The van der Waals surface area contributed by atoms with E-state index in [2.05, 4.69) is 23.2 Å². The lowest BCUT2D eigenvalue weighted by Crippen LogP contribution is -1.93. The van der Waals surface area contributed by atoms with Gasteiger partial charge >= 0.3 is 0 Å². The third kappa shape index (κ3) is 3.45. The van der Waals surface area contributed by atoms with E-state index in [9.17, 15) is 0 Å². The minimum atomic E-state index is 0.511. The number of furan rings is 1. The van der Waals surface area contributed by atoms with Crippen molar-refractivity contribution < 1.29 is 9.15 Å². The number of nitrogens with zero attached hydrogens (tertiary/aromatic N) is 1. The Morgan fingerprint density at radius 2 is 1.84 bits per heavy atom. The molecule has 0 saturated heterocycles. The average Bonchev–Trinajstić information content (AvgIpc) is 3.10. The Hall–Kier alpha value is -3.33. The molecule has 0 radical (unpaired) electrons. The Balaban J connectivity index is 1.52. The van der Waals surface area contributed by atoms with E-state index in [-0.39, 0.29) is 0 Å². The number of hydrogen-bond donors (Lipinski definition) is 0. The van der Waals surface area contributed by atoms with E-state index in [0.29, 0.717) is 6.61 Å². The van der Waals surface area contributed by atoms with Crippen molar-refractivity contribution in [1.29, 1.82) is 0 Å². The highest BCUT2D eigenvalue weighted by atomic mass is 16.5. The van der Waals surface area contributed by atoms with Crippen LogP contribution < -0.4 is 4.74 Å². The number of benzene rings is 2. The molecule has 0 spiro atoms. The van der Waals surface area contributed by atoms with Crippen molar-refractivity contribution in [2.45, 2.75) is 0 Å². The van der Waals surface area contributed by atoms with Gasteiger partial charge < -0.3 is 9.15 Å². The normalized spacial score (nSPS) is 11.2. The first-order valence-corrected chi connectivity index (χ1v) is 8.17. The quantitative estimate of drug-likeness (QED) is 0.479. The molecule has 25 heavy (non-hydrogen) atoms. The van der Waals surface area contributed by atoms with Crippen LogP contribution in [0.25, 0.3) is 28.3 Å². The summed E-state index contributed by atoms with van der Waals surface area (Å²) in [6.07, 6.45) is 7.58. The van der Waals surface area contributed by atoms with Gasteiger partial charge in [0.25, 0.3) is 0 Å². The molecule has 0 N–H and O–H groups in total. The topological polar surface area (TPSA) is 35.3 Å². The van der Waals surface area contributed by atoms with Crippen molar-refractivity contribution in [3.63, 3.8) is 0 Å². The Morgan fingerprint density at radius 3 is 2.68 bits per heavy atom. The van der Waals surface area contributed by atoms with Crippen molar-refractivity contribution in [3.05, 3.63) is 90.8 Å². The van der Waals surface area contributed by atoms with E-state index in [1.165, 1.54) is 0 Å². The van der Waals surface area contributed by atoms with Crippen LogP contribution >= 0.6 is 0 Å². The molecule has 2 heterocycles. The van der Waals surface area contributed by atoms with Crippen LogP contribution in [-0.4, -0.2) is 11.6 Å². The molecular formula is C22H17NO2. The Morgan fingerprint density at radius 1 is 0.960 bits per heavy atom. The molecule has 0 aliphatic heterocycles. The molecule has 0 saturated carbocycles. The van der Waals surface area contributed by atoms with Crippen LogP contribution in [0.15, 0.2) is 89.7 Å². The van der Waals surface area contributed by atoms with E-state index in [4.69, 9.17) is 9.15 Å². The predicted molar refractivity (Wildman–Crippen MR) is 100 cm³/mol. The van der Waals surface area contributed by atoms with Crippen LogP contribution in [0.2, 0.25) is 0 Å². The molecule has 0 aliphatic rings. The third-order valence-corrected chi connectivity index (χ3v) is 3.94. The number of fused-ring (bicyclic) bond motifs is 1. The third-order valence-electron chi connectivity index (χ3n) is 3.94. The van der Waals surface area contributed by atoms with E-state index in [0.717, 1.165) is 33.5 Å². The number of pyridine rings is 1. The zero-order chi connectivity index (χ0) is 16.9. The zero-order valence-corrected chi connectivity index (χ0v) is 13.6. The first kappa shape index (κ1) is 15.2. The fourth-order valence-corrected chi connectivity index (χ4v) is 2.71. The summed E-state index contributed by atoms with van der Waals surface area (Å²) in [6.45, 7) is 0.511. The monoisotopic (exact) mass is 327 g/mol. The van der Waals surface area contributed by atoms with Crippen LogP contribution in [0.3, 0.4) is 0 Å². The van der Waals surface area contributed by atoms with Gasteiger partial charge in [-0.2, -0.15) is 0 Å². The van der Waals surface area contributed by atoms with Gasteiger partial charge in [0, 0.05) is 17.1 Å². The SMILES string of the molecule is C(=C\c1ccccc1)/COc1ccc2occ(-c3ccccn3)c2c1. The van der Waals surface area contributed by atoms with Crippen LogP contribution in [0, 0.1) is 0 Å². The van der Waals surface area contributed by atoms with Gasteiger partial charge in [-0.3, -0.25) is 4.98 Å². The van der Waals surface area contributed by atoms with Gasteiger partial charge in [0.1, 0.15) is 24.2 Å². The molecule has 0 aliphatic carbocycles. The zero-order valence-electron chi connectivity index (χ0n) is 13.6.